The van der Waals surface area contributed by atoms with Gasteiger partial charge in [-0.25, -0.2) is 8.42 Å². The number of aryl methyl sites for hydroxylation is 1. The lowest BCUT2D eigenvalue weighted by molar-refractivity contribution is 0.359. The second kappa shape index (κ2) is 5.08. The minimum absolute atomic E-state index is 0.109. The van der Waals surface area contributed by atoms with Crippen molar-refractivity contribution in [2.75, 3.05) is 0 Å². The fourth-order valence-corrected chi connectivity index (χ4v) is 2.81. The third-order valence-corrected chi connectivity index (χ3v) is 3.92. The third-order valence-electron chi connectivity index (χ3n) is 2.36. The molecule has 0 N–H and O–H groups in total. The molecule has 0 aromatic carbocycles. The molecule has 0 spiro atoms. The molecule has 0 fully saturated rings. The number of nitrogens with zero attached hydrogens (tertiary/aromatic N) is 5. The molecule has 8 nitrogen and oxygen atoms in total. The van der Waals surface area contributed by atoms with Crippen molar-refractivity contribution in [3.05, 3.63) is 18.0 Å². The minimum Gasteiger partial charge on any atom is -0.339 e. The van der Waals surface area contributed by atoms with E-state index >= 15 is 0 Å². The van der Waals surface area contributed by atoms with Gasteiger partial charge in [0.15, 0.2) is 5.82 Å². The molecule has 0 bridgehead atoms. The van der Waals surface area contributed by atoms with Crippen molar-refractivity contribution in [2.24, 2.45) is 13.0 Å². The van der Waals surface area contributed by atoms with Gasteiger partial charge in [0.05, 0.1) is 0 Å². The lowest BCUT2D eigenvalue weighted by Gasteiger charge is -1.99. The van der Waals surface area contributed by atoms with Crippen LogP contribution in [-0.2, 0) is 29.1 Å². The minimum atomic E-state index is -3.61. The highest BCUT2D eigenvalue weighted by atomic mass is 32.2. The molecule has 2 heterocycles. The molecule has 0 aliphatic rings. The van der Waals surface area contributed by atoms with E-state index < -0.39 is 9.84 Å². The normalized spacial score (nSPS) is 12.2. The van der Waals surface area contributed by atoms with Gasteiger partial charge in [-0.05, 0) is 5.92 Å². The summed E-state index contributed by atoms with van der Waals surface area (Å²) in [6.07, 6.45) is 1.95. The van der Waals surface area contributed by atoms with Crippen molar-refractivity contribution in [1.82, 2.24) is 24.9 Å². The molecule has 2 aromatic heterocycles. The summed E-state index contributed by atoms with van der Waals surface area (Å²) < 4.78 is 30.5. The quantitative estimate of drug-likeness (QED) is 0.781. The van der Waals surface area contributed by atoms with E-state index in [1.54, 1.807) is 7.05 Å². The standard InChI is InChI=1S/C10H15N5O3S/c1-7(2)4-9-12-8(14-18-9)5-19(16,17)10-13-11-6-15(10)3/h6-7H,4-5H2,1-3H3. The lowest BCUT2D eigenvalue weighted by atomic mass is 10.1. The highest BCUT2D eigenvalue weighted by molar-refractivity contribution is 7.90. The van der Waals surface area contributed by atoms with E-state index in [4.69, 9.17) is 4.52 Å². The zero-order chi connectivity index (χ0) is 14.0. The fourth-order valence-electron chi connectivity index (χ4n) is 1.57. The number of aromatic nitrogens is 5. The second-order valence-corrected chi connectivity index (χ2v) is 6.57. The number of sulfone groups is 1. The Morgan fingerprint density at radius 3 is 2.74 bits per heavy atom. The summed E-state index contributed by atoms with van der Waals surface area (Å²) in [7, 11) is -2.05. The molecule has 0 radical (unpaired) electrons. The molecule has 0 unspecified atom stereocenters. The van der Waals surface area contributed by atoms with Crippen LogP contribution in [-0.4, -0.2) is 33.3 Å². The smallest absolute Gasteiger partial charge is 0.249 e. The number of hydrogen-bond donors (Lipinski definition) is 0. The molecule has 0 aliphatic heterocycles. The van der Waals surface area contributed by atoms with Crippen LogP contribution in [0.1, 0.15) is 25.6 Å². The average Bonchev–Trinajstić information content (AvgIpc) is 2.86. The van der Waals surface area contributed by atoms with Crippen LogP contribution < -0.4 is 0 Å². The zero-order valence-electron chi connectivity index (χ0n) is 10.9. The first-order chi connectivity index (χ1) is 8.88. The van der Waals surface area contributed by atoms with Gasteiger partial charge < -0.3 is 9.09 Å². The summed E-state index contributed by atoms with van der Waals surface area (Å²) in [5.41, 5.74) is 0. The average molecular weight is 285 g/mol. The highest BCUT2D eigenvalue weighted by Gasteiger charge is 2.24. The predicted molar refractivity (Wildman–Crippen MR) is 64.7 cm³/mol. The maximum Gasteiger partial charge on any atom is 0.249 e. The molecule has 2 rings (SSSR count). The Morgan fingerprint density at radius 2 is 2.16 bits per heavy atom. The Bertz CT molecular complexity index is 658. The van der Waals surface area contributed by atoms with Crippen molar-refractivity contribution < 1.29 is 12.9 Å². The SMILES string of the molecule is CC(C)Cc1nc(CS(=O)(=O)c2nncn2C)no1. The van der Waals surface area contributed by atoms with Gasteiger partial charge in [-0.2, -0.15) is 4.98 Å². The van der Waals surface area contributed by atoms with Crippen molar-refractivity contribution in [3.8, 4) is 0 Å². The van der Waals surface area contributed by atoms with Crippen molar-refractivity contribution in [3.63, 3.8) is 0 Å². The molecule has 0 atom stereocenters. The molecule has 0 amide bonds. The van der Waals surface area contributed by atoms with Crippen LogP contribution in [0.15, 0.2) is 16.0 Å². The summed E-state index contributed by atoms with van der Waals surface area (Å²) >= 11 is 0. The predicted octanol–water partition coefficient (Wildman–Crippen LogP) is 0.370. The van der Waals surface area contributed by atoms with Gasteiger partial charge in [-0.3, -0.25) is 0 Å². The van der Waals surface area contributed by atoms with Gasteiger partial charge in [-0.15, -0.1) is 10.2 Å². The highest BCUT2D eigenvalue weighted by Crippen LogP contribution is 2.12. The first kappa shape index (κ1) is 13.7. The van der Waals surface area contributed by atoms with E-state index in [0.717, 1.165) is 0 Å². The molecule has 2 aromatic rings. The summed E-state index contributed by atoms with van der Waals surface area (Å²) in [5.74, 6) is 0.599. The largest absolute Gasteiger partial charge is 0.339 e. The zero-order valence-corrected chi connectivity index (χ0v) is 11.8. The van der Waals surface area contributed by atoms with Gasteiger partial charge in [0.1, 0.15) is 12.1 Å². The summed E-state index contributed by atoms with van der Waals surface area (Å²) in [6.45, 7) is 4.03. The van der Waals surface area contributed by atoms with Crippen LogP contribution in [0.2, 0.25) is 0 Å². The van der Waals surface area contributed by atoms with Crippen molar-refractivity contribution in [1.29, 1.82) is 0 Å². The maximum absolute atomic E-state index is 12.1. The van der Waals surface area contributed by atoms with E-state index in [1.807, 2.05) is 13.8 Å². The molecule has 19 heavy (non-hydrogen) atoms. The number of rotatable bonds is 5. The van der Waals surface area contributed by atoms with E-state index in [0.29, 0.717) is 18.2 Å². The van der Waals surface area contributed by atoms with Gasteiger partial charge in [0, 0.05) is 13.5 Å². The Balaban J connectivity index is 2.17. The van der Waals surface area contributed by atoms with Gasteiger partial charge in [-0.1, -0.05) is 19.0 Å². The van der Waals surface area contributed by atoms with E-state index in [9.17, 15) is 8.42 Å². The summed E-state index contributed by atoms with van der Waals surface area (Å²) in [4.78, 5) is 4.06. The van der Waals surface area contributed by atoms with Crippen LogP contribution in [0.3, 0.4) is 0 Å². The third kappa shape index (κ3) is 3.16. The molecular formula is C10H15N5O3S. The van der Waals surface area contributed by atoms with E-state index in [2.05, 4.69) is 20.3 Å². The molecule has 0 aliphatic carbocycles. The molecule has 104 valence electrons. The molecular weight excluding hydrogens is 270 g/mol. The van der Waals surface area contributed by atoms with Gasteiger partial charge >= 0.3 is 0 Å². The lowest BCUT2D eigenvalue weighted by Crippen LogP contribution is -2.11. The van der Waals surface area contributed by atoms with Crippen LogP contribution >= 0.6 is 0 Å². The fraction of sp³-hybridized carbons (Fsp3) is 0.600. The Kier molecular flexibility index (Phi) is 3.65. The van der Waals surface area contributed by atoms with Crippen molar-refractivity contribution >= 4 is 9.84 Å². The Morgan fingerprint density at radius 1 is 1.42 bits per heavy atom. The monoisotopic (exact) mass is 285 g/mol. The van der Waals surface area contributed by atoms with Crippen molar-refractivity contribution in [2.45, 2.75) is 31.2 Å². The van der Waals surface area contributed by atoms with E-state index in [1.165, 1.54) is 10.9 Å². The van der Waals surface area contributed by atoms with Crippen LogP contribution in [0.5, 0.6) is 0 Å². The maximum atomic E-state index is 12.1. The molecule has 0 saturated heterocycles. The Labute approximate surface area is 110 Å². The second-order valence-electron chi connectivity index (χ2n) is 4.69. The molecule has 9 heteroatoms. The summed E-state index contributed by atoms with van der Waals surface area (Å²) in [6, 6.07) is 0. The van der Waals surface area contributed by atoms with Gasteiger partial charge in [0.25, 0.3) is 0 Å². The van der Waals surface area contributed by atoms with Crippen LogP contribution in [0.4, 0.5) is 0 Å². The first-order valence-electron chi connectivity index (χ1n) is 5.76. The molecule has 0 saturated carbocycles. The van der Waals surface area contributed by atoms with Crippen LogP contribution in [0, 0.1) is 5.92 Å². The number of hydrogen-bond acceptors (Lipinski definition) is 7. The first-order valence-corrected chi connectivity index (χ1v) is 7.42. The van der Waals surface area contributed by atoms with Gasteiger partial charge in [0.2, 0.25) is 20.9 Å². The van der Waals surface area contributed by atoms with Crippen LogP contribution in [0.25, 0.3) is 0 Å². The van der Waals surface area contributed by atoms with E-state index in [-0.39, 0.29) is 16.7 Å². The summed E-state index contributed by atoms with van der Waals surface area (Å²) in [5, 5.41) is 10.7. The Hall–Kier alpha value is -1.77. The topological polar surface area (TPSA) is 104 Å².